The molecule has 0 aliphatic carbocycles. The van der Waals surface area contributed by atoms with E-state index in [2.05, 4.69) is 40.7 Å². The smallest absolute Gasteiger partial charge is 0.297 e. The van der Waals surface area contributed by atoms with Gasteiger partial charge in [0.25, 0.3) is 40.5 Å². The zero-order chi connectivity index (χ0) is 42.7. The van der Waals surface area contributed by atoms with Crippen molar-refractivity contribution >= 4 is 125 Å². The molecule has 0 bridgehead atoms. The van der Waals surface area contributed by atoms with Crippen LogP contribution in [-0.2, 0) is 40.5 Å². The number of halogens is 2. The van der Waals surface area contributed by atoms with Gasteiger partial charge in [0.2, 0.25) is 16.5 Å². The molecule has 0 aliphatic rings. The van der Waals surface area contributed by atoms with Crippen molar-refractivity contribution in [1.29, 1.82) is 0 Å². The molecule has 6 aromatic rings. The number of phenolic OH excluding ortho intramolecular Hbond substituents is 1. The molecular formula is C30H21Cl2N9O13S4. The van der Waals surface area contributed by atoms with Crippen molar-refractivity contribution in [2.24, 2.45) is 20.5 Å². The molecule has 0 saturated carbocycles. The number of aromatic hydroxyl groups is 1. The number of rotatable bonds is 10. The van der Waals surface area contributed by atoms with Crippen molar-refractivity contribution in [3.63, 3.8) is 0 Å². The number of hydrogen-bond donors (Lipinski definition) is 7. The highest BCUT2D eigenvalue weighted by atomic mass is 35.5. The summed E-state index contributed by atoms with van der Waals surface area (Å²) in [5, 5.41) is 27.7. The quantitative estimate of drug-likeness (QED) is 0.0430. The minimum Gasteiger partial charge on any atom is -0.505 e. The number of benzene rings is 5. The summed E-state index contributed by atoms with van der Waals surface area (Å²) < 4.78 is 138. The zero-order valence-corrected chi connectivity index (χ0v) is 33.2. The van der Waals surface area contributed by atoms with Gasteiger partial charge in [-0.15, -0.1) is 20.5 Å². The van der Waals surface area contributed by atoms with Crippen LogP contribution in [-0.4, -0.2) is 71.9 Å². The molecule has 302 valence electrons. The van der Waals surface area contributed by atoms with Gasteiger partial charge in [0, 0.05) is 16.5 Å². The summed E-state index contributed by atoms with van der Waals surface area (Å²) in [6, 6.07) is 10.4. The Morgan fingerprint density at radius 2 is 1.24 bits per heavy atom. The summed E-state index contributed by atoms with van der Waals surface area (Å²) in [5.74, 6) is -1.27. The van der Waals surface area contributed by atoms with E-state index in [-0.39, 0.29) is 55.0 Å². The van der Waals surface area contributed by atoms with E-state index in [4.69, 9.17) is 28.9 Å². The molecule has 5 aromatic carbocycles. The van der Waals surface area contributed by atoms with E-state index in [0.29, 0.717) is 0 Å². The van der Waals surface area contributed by atoms with Gasteiger partial charge in [-0.3, -0.25) is 18.2 Å². The third-order valence-corrected chi connectivity index (χ3v) is 11.9. The third kappa shape index (κ3) is 8.50. The monoisotopic (exact) mass is 913 g/mol. The maximum Gasteiger partial charge on any atom is 0.297 e. The van der Waals surface area contributed by atoms with Crippen molar-refractivity contribution in [3.05, 3.63) is 76.8 Å². The van der Waals surface area contributed by atoms with Crippen LogP contribution in [0.3, 0.4) is 0 Å². The van der Waals surface area contributed by atoms with Crippen LogP contribution in [0.5, 0.6) is 5.75 Å². The predicted molar refractivity (Wildman–Crippen MR) is 206 cm³/mol. The Bertz CT molecular complexity index is 3260. The fourth-order valence-electron chi connectivity index (χ4n) is 5.58. The topological polar surface area (TPSA) is 364 Å². The largest absolute Gasteiger partial charge is 0.505 e. The molecule has 0 unspecified atom stereocenters. The summed E-state index contributed by atoms with van der Waals surface area (Å²) in [7, 11) is -20.3. The van der Waals surface area contributed by atoms with Crippen LogP contribution in [0, 0.1) is 6.92 Å². The fourth-order valence-corrected chi connectivity index (χ4v) is 8.74. The maximum absolute atomic E-state index is 12.6. The molecule has 1 aromatic heterocycles. The second-order valence-electron chi connectivity index (χ2n) is 11.7. The second-order valence-corrected chi connectivity index (χ2v) is 17.9. The Morgan fingerprint density at radius 1 is 0.638 bits per heavy atom. The summed E-state index contributed by atoms with van der Waals surface area (Å²) in [6.07, 6.45) is 0. The molecule has 0 saturated heterocycles. The molecule has 0 atom stereocenters. The average molecular weight is 915 g/mol. The van der Waals surface area contributed by atoms with E-state index in [1.54, 1.807) is 0 Å². The standard InChI is InChI=1S/C30H21Cl2N9O13S4/c1-12-9-13-10-21(57(49,50)51)25(41-39-18-11-14(5-8-20(18)56(46,47)48)34-30-36-28(31)35-29(32)37-30)26(42)22(13)23(33)24(12)40-38-17-7-6-15-16(27(17)58(52,53)54)3-2-4-19(15)55(43,44)45/h2-11,42H,33H2,1H3,(H,43,44,45)(H,46,47,48)(H,49,50,51)(H,52,53,54)(H,34,35,36,37). The van der Waals surface area contributed by atoms with Gasteiger partial charge >= 0.3 is 0 Å². The normalized spacial score (nSPS) is 12.9. The van der Waals surface area contributed by atoms with E-state index < -0.39 is 88.6 Å². The van der Waals surface area contributed by atoms with Crippen molar-refractivity contribution in [3.8, 4) is 5.75 Å². The van der Waals surface area contributed by atoms with Crippen molar-refractivity contribution in [2.75, 3.05) is 11.1 Å². The van der Waals surface area contributed by atoms with Gasteiger partial charge in [-0.2, -0.15) is 48.6 Å². The van der Waals surface area contributed by atoms with Gasteiger partial charge in [-0.25, -0.2) is 0 Å². The summed E-state index contributed by atoms with van der Waals surface area (Å²) >= 11 is 11.6. The highest BCUT2D eigenvalue weighted by molar-refractivity contribution is 7.87. The lowest BCUT2D eigenvalue weighted by Gasteiger charge is -2.14. The number of nitrogen functional groups attached to an aromatic ring is 1. The van der Waals surface area contributed by atoms with E-state index in [1.807, 2.05) is 0 Å². The number of phenols is 1. The Labute approximate surface area is 336 Å². The third-order valence-electron chi connectivity index (χ3n) is 7.89. The number of fused-ring (bicyclic) bond motifs is 2. The summed E-state index contributed by atoms with van der Waals surface area (Å²) in [4.78, 5) is 7.72. The van der Waals surface area contributed by atoms with Gasteiger partial charge in [0.1, 0.15) is 42.3 Å². The van der Waals surface area contributed by atoms with Gasteiger partial charge in [0.05, 0.1) is 11.1 Å². The first-order chi connectivity index (χ1) is 26.8. The number of nitrogens with two attached hydrogens (primary N) is 1. The van der Waals surface area contributed by atoms with Crippen molar-refractivity contribution in [1.82, 2.24) is 15.0 Å². The van der Waals surface area contributed by atoms with Gasteiger partial charge < -0.3 is 16.2 Å². The molecule has 22 nitrogen and oxygen atoms in total. The lowest BCUT2D eigenvalue weighted by atomic mass is 10.0. The van der Waals surface area contributed by atoms with Crippen LogP contribution in [0.2, 0.25) is 10.6 Å². The first kappa shape index (κ1) is 42.1. The van der Waals surface area contributed by atoms with Gasteiger partial charge in [0.15, 0.2) is 5.75 Å². The van der Waals surface area contributed by atoms with Crippen molar-refractivity contribution in [2.45, 2.75) is 26.5 Å². The van der Waals surface area contributed by atoms with E-state index in [0.717, 1.165) is 54.6 Å². The Balaban J connectivity index is 1.52. The lowest BCUT2D eigenvalue weighted by Crippen LogP contribution is -2.03. The molecule has 0 fully saturated rings. The number of nitrogens with one attached hydrogen (secondary N) is 1. The summed E-state index contributed by atoms with van der Waals surface area (Å²) in [6.45, 7) is 1.40. The molecule has 8 N–H and O–H groups in total. The number of nitrogens with zero attached hydrogens (tertiary/aromatic N) is 7. The lowest BCUT2D eigenvalue weighted by molar-refractivity contribution is 0.472. The average Bonchev–Trinajstić information content (AvgIpc) is 3.08. The molecule has 1 heterocycles. The molecule has 0 radical (unpaired) electrons. The highest BCUT2D eigenvalue weighted by Gasteiger charge is 2.27. The fraction of sp³-hybridized carbons (Fsp3) is 0.0333. The number of azo groups is 2. The minimum atomic E-state index is -5.24. The molecule has 0 aliphatic heterocycles. The first-order valence-corrected chi connectivity index (χ1v) is 21.7. The minimum absolute atomic E-state index is 0.00502. The number of hydrogen-bond acceptors (Lipinski definition) is 18. The van der Waals surface area contributed by atoms with E-state index in [1.165, 1.54) is 13.0 Å². The van der Waals surface area contributed by atoms with Crippen LogP contribution in [0.1, 0.15) is 5.56 Å². The van der Waals surface area contributed by atoms with Crippen LogP contribution in [0.25, 0.3) is 21.5 Å². The molecule has 0 amide bonds. The Morgan fingerprint density at radius 3 is 1.84 bits per heavy atom. The van der Waals surface area contributed by atoms with E-state index >= 15 is 0 Å². The second kappa shape index (κ2) is 15.0. The van der Waals surface area contributed by atoms with Crippen LogP contribution in [0.4, 0.5) is 40.1 Å². The number of anilines is 3. The molecule has 6 rings (SSSR count). The van der Waals surface area contributed by atoms with Gasteiger partial charge in [-0.1, -0.05) is 18.2 Å². The maximum atomic E-state index is 12.6. The first-order valence-electron chi connectivity index (χ1n) is 15.2. The zero-order valence-electron chi connectivity index (χ0n) is 28.4. The number of aromatic nitrogens is 3. The predicted octanol–water partition coefficient (Wildman–Crippen LogP) is 6.64. The van der Waals surface area contributed by atoms with Crippen LogP contribution >= 0.6 is 23.2 Å². The highest BCUT2D eigenvalue weighted by Crippen LogP contribution is 2.48. The van der Waals surface area contributed by atoms with Crippen LogP contribution in [0.15, 0.2) is 101 Å². The molecule has 28 heteroatoms. The Kier molecular flexibility index (Phi) is 10.9. The SMILES string of the molecule is Cc1cc2cc(S(=O)(=O)O)c(N=Nc3cc(Nc4nc(Cl)nc(Cl)n4)ccc3S(=O)(=O)O)c(O)c2c(N)c1N=Nc1ccc2c(S(=O)(=O)O)cccc2c1S(=O)(=O)O. The molecule has 58 heavy (non-hydrogen) atoms. The Hall–Kier alpha value is -5.55. The van der Waals surface area contributed by atoms with Crippen molar-refractivity contribution < 1.29 is 57.0 Å². The van der Waals surface area contributed by atoms with Crippen LogP contribution < -0.4 is 11.1 Å². The molecule has 0 spiro atoms. The molecular weight excluding hydrogens is 894 g/mol. The van der Waals surface area contributed by atoms with E-state index in [9.17, 15) is 57.0 Å². The number of aryl methyl sites for hydroxylation is 1. The van der Waals surface area contributed by atoms with Gasteiger partial charge in [-0.05, 0) is 83.5 Å². The summed E-state index contributed by atoms with van der Waals surface area (Å²) in [5.41, 5.74) is 3.65.